The van der Waals surface area contributed by atoms with Crippen molar-refractivity contribution in [2.45, 2.75) is 19.9 Å². The maximum Gasteiger partial charge on any atom is 0.239 e. The van der Waals surface area contributed by atoms with Gasteiger partial charge < -0.3 is 10.6 Å². The molecule has 1 atom stereocenters. The van der Waals surface area contributed by atoms with E-state index >= 15 is 0 Å². The first kappa shape index (κ1) is 15.6. The van der Waals surface area contributed by atoms with Crippen LogP contribution in [0.4, 0.5) is 5.69 Å². The fourth-order valence-corrected chi connectivity index (χ4v) is 2.59. The van der Waals surface area contributed by atoms with E-state index in [-0.39, 0.29) is 18.5 Å². The molecule has 0 aliphatic heterocycles. The topological polar surface area (TPSA) is 41.1 Å². The molecular formula is C17H19BrN2O. The third kappa shape index (κ3) is 4.60. The Morgan fingerprint density at radius 3 is 2.57 bits per heavy atom. The van der Waals surface area contributed by atoms with Crippen LogP contribution in [0.1, 0.15) is 24.1 Å². The van der Waals surface area contributed by atoms with Gasteiger partial charge in [0.15, 0.2) is 0 Å². The second-order valence-electron chi connectivity index (χ2n) is 5.01. The number of anilines is 1. The lowest BCUT2D eigenvalue weighted by Gasteiger charge is -2.15. The Labute approximate surface area is 133 Å². The summed E-state index contributed by atoms with van der Waals surface area (Å²) in [7, 11) is 0. The third-order valence-corrected chi connectivity index (χ3v) is 3.80. The number of hydrogen-bond acceptors (Lipinski definition) is 2. The summed E-state index contributed by atoms with van der Waals surface area (Å²) in [6.07, 6.45) is 0. The number of benzene rings is 2. The monoisotopic (exact) mass is 346 g/mol. The molecule has 21 heavy (non-hydrogen) atoms. The standard InChI is InChI=1S/C17H19BrN2O/c1-12-10-15(18)8-9-16(12)19-11-17(21)20-13(2)14-6-4-3-5-7-14/h3-10,13,19H,11H2,1-2H3,(H,20,21)/t13-/m0/s1. The Bertz CT molecular complexity index is 613. The molecular weight excluding hydrogens is 328 g/mol. The van der Waals surface area contributed by atoms with Crippen LogP contribution in [-0.4, -0.2) is 12.5 Å². The van der Waals surface area contributed by atoms with Crippen molar-refractivity contribution in [3.8, 4) is 0 Å². The summed E-state index contributed by atoms with van der Waals surface area (Å²) in [5, 5.41) is 6.15. The lowest BCUT2D eigenvalue weighted by molar-refractivity contribution is -0.120. The minimum atomic E-state index is -0.0197. The Balaban J connectivity index is 1.87. The first-order valence-corrected chi connectivity index (χ1v) is 7.70. The minimum Gasteiger partial charge on any atom is -0.376 e. The highest BCUT2D eigenvalue weighted by Gasteiger charge is 2.09. The van der Waals surface area contributed by atoms with Gasteiger partial charge in [-0.3, -0.25) is 4.79 Å². The van der Waals surface area contributed by atoms with Gasteiger partial charge in [0, 0.05) is 10.2 Å². The predicted molar refractivity (Wildman–Crippen MR) is 90.4 cm³/mol. The molecule has 0 radical (unpaired) electrons. The van der Waals surface area contributed by atoms with Gasteiger partial charge in [-0.05, 0) is 43.2 Å². The number of rotatable bonds is 5. The molecule has 0 unspecified atom stereocenters. The van der Waals surface area contributed by atoms with Crippen molar-refractivity contribution in [2.24, 2.45) is 0 Å². The zero-order valence-electron chi connectivity index (χ0n) is 12.2. The van der Waals surface area contributed by atoms with Gasteiger partial charge >= 0.3 is 0 Å². The summed E-state index contributed by atoms with van der Waals surface area (Å²) in [4.78, 5) is 12.0. The van der Waals surface area contributed by atoms with Crippen molar-refractivity contribution in [3.63, 3.8) is 0 Å². The summed E-state index contributed by atoms with van der Waals surface area (Å²) in [6.45, 7) is 4.26. The van der Waals surface area contributed by atoms with E-state index < -0.39 is 0 Å². The number of halogens is 1. The van der Waals surface area contributed by atoms with Crippen LogP contribution in [0.3, 0.4) is 0 Å². The molecule has 2 aromatic rings. The molecule has 2 rings (SSSR count). The summed E-state index contributed by atoms with van der Waals surface area (Å²) in [6, 6.07) is 15.9. The zero-order valence-corrected chi connectivity index (χ0v) is 13.8. The number of carbonyl (C=O) groups excluding carboxylic acids is 1. The smallest absolute Gasteiger partial charge is 0.239 e. The first-order valence-electron chi connectivity index (χ1n) is 6.90. The lowest BCUT2D eigenvalue weighted by atomic mass is 10.1. The van der Waals surface area contributed by atoms with Crippen molar-refractivity contribution in [1.29, 1.82) is 0 Å². The molecule has 0 saturated carbocycles. The molecule has 2 N–H and O–H groups in total. The maximum atomic E-state index is 12.0. The van der Waals surface area contributed by atoms with E-state index in [0.29, 0.717) is 0 Å². The molecule has 0 fully saturated rings. The Morgan fingerprint density at radius 2 is 1.90 bits per heavy atom. The Kier molecular flexibility index (Phi) is 5.39. The van der Waals surface area contributed by atoms with Gasteiger partial charge in [0.2, 0.25) is 5.91 Å². The average molecular weight is 347 g/mol. The van der Waals surface area contributed by atoms with Crippen LogP contribution in [0, 0.1) is 6.92 Å². The Hall–Kier alpha value is -1.81. The van der Waals surface area contributed by atoms with Crippen LogP contribution in [0.25, 0.3) is 0 Å². The van der Waals surface area contributed by atoms with E-state index in [4.69, 9.17) is 0 Å². The van der Waals surface area contributed by atoms with E-state index in [9.17, 15) is 4.79 Å². The number of nitrogens with one attached hydrogen (secondary N) is 2. The van der Waals surface area contributed by atoms with Crippen molar-refractivity contribution in [2.75, 3.05) is 11.9 Å². The van der Waals surface area contributed by atoms with E-state index in [0.717, 1.165) is 21.3 Å². The quantitative estimate of drug-likeness (QED) is 0.857. The molecule has 0 aliphatic carbocycles. The molecule has 110 valence electrons. The van der Waals surface area contributed by atoms with Crippen molar-refractivity contribution in [3.05, 3.63) is 64.1 Å². The van der Waals surface area contributed by atoms with Crippen LogP contribution in [-0.2, 0) is 4.79 Å². The second-order valence-corrected chi connectivity index (χ2v) is 5.93. The van der Waals surface area contributed by atoms with Crippen LogP contribution < -0.4 is 10.6 Å². The van der Waals surface area contributed by atoms with Gasteiger partial charge in [-0.25, -0.2) is 0 Å². The van der Waals surface area contributed by atoms with Crippen molar-refractivity contribution >= 4 is 27.5 Å². The molecule has 2 aromatic carbocycles. The fraction of sp³-hybridized carbons (Fsp3) is 0.235. The van der Waals surface area contributed by atoms with Gasteiger partial charge in [0.25, 0.3) is 0 Å². The summed E-state index contributed by atoms with van der Waals surface area (Å²) < 4.78 is 1.03. The van der Waals surface area contributed by atoms with Crippen LogP contribution >= 0.6 is 15.9 Å². The normalized spacial score (nSPS) is 11.8. The van der Waals surface area contributed by atoms with Gasteiger partial charge in [-0.2, -0.15) is 0 Å². The third-order valence-electron chi connectivity index (χ3n) is 3.30. The van der Waals surface area contributed by atoms with Gasteiger partial charge in [0.05, 0.1) is 12.6 Å². The maximum absolute atomic E-state index is 12.0. The van der Waals surface area contributed by atoms with Gasteiger partial charge in [-0.15, -0.1) is 0 Å². The number of carbonyl (C=O) groups is 1. The SMILES string of the molecule is Cc1cc(Br)ccc1NCC(=O)N[C@@H](C)c1ccccc1. The first-order chi connectivity index (χ1) is 10.1. The molecule has 0 heterocycles. The highest BCUT2D eigenvalue weighted by molar-refractivity contribution is 9.10. The summed E-state index contributed by atoms with van der Waals surface area (Å²) >= 11 is 3.43. The highest BCUT2D eigenvalue weighted by atomic mass is 79.9. The number of amides is 1. The molecule has 1 amide bonds. The van der Waals surface area contributed by atoms with Crippen LogP contribution in [0.15, 0.2) is 53.0 Å². The molecule has 0 bridgehead atoms. The van der Waals surface area contributed by atoms with E-state index in [1.165, 1.54) is 0 Å². The Morgan fingerprint density at radius 1 is 1.19 bits per heavy atom. The van der Waals surface area contributed by atoms with E-state index in [1.54, 1.807) is 0 Å². The second kappa shape index (κ2) is 7.27. The fourth-order valence-electron chi connectivity index (χ4n) is 2.12. The molecule has 0 aromatic heterocycles. The number of hydrogen-bond donors (Lipinski definition) is 2. The predicted octanol–water partition coefficient (Wildman–Crippen LogP) is 4.05. The molecule has 0 saturated heterocycles. The number of aryl methyl sites for hydroxylation is 1. The largest absolute Gasteiger partial charge is 0.376 e. The van der Waals surface area contributed by atoms with Gasteiger partial charge in [0.1, 0.15) is 0 Å². The summed E-state index contributed by atoms with van der Waals surface area (Å²) in [5.41, 5.74) is 3.18. The molecule has 3 nitrogen and oxygen atoms in total. The van der Waals surface area contributed by atoms with E-state index in [2.05, 4.69) is 26.6 Å². The minimum absolute atomic E-state index is 0.00603. The lowest BCUT2D eigenvalue weighted by Crippen LogP contribution is -2.32. The van der Waals surface area contributed by atoms with Crippen molar-refractivity contribution < 1.29 is 4.79 Å². The molecule has 0 spiro atoms. The van der Waals surface area contributed by atoms with Crippen molar-refractivity contribution in [1.82, 2.24) is 5.32 Å². The summed E-state index contributed by atoms with van der Waals surface area (Å²) in [5.74, 6) is -0.0197. The highest BCUT2D eigenvalue weighted by Crippen LogP contribution is 2.19. The zero-order chi connectivity index (χ0) is 15.2. The van der Waals surface area contributed by atoms with E-state index in [1.807, 2.05) is 62.4 Å². The molecule has 4 heteroatoms. The van der Waals surface area contributed by atoms with Crippen LogP contribution in [0.2, 0.25) is 0 Å². The van der Waals surface area contributed by atoms with Gasteiger partial charge in [-0.1, -0.05) is 46.3 Å². The average Bonchev–Trinajstić information content (AvgIpc) is 2.47. The molecule has 0 aliphatic rings. The van der Waals surface area contributed by atoms with Crippen LogP contribution in [0.5, 0.6) is 0 Å².